The van der Waals surface area contributed by atoms with E-state index in [0.29, 0.717) is 11.5 Å². The van der Waals surface area contributed by atoms with E-state index in [1.54, 1.807) is 0 Å². The fourth-order valence-electron chi connectivity index (χ4n) is 1.43. The van der Waals surface area contributed by atoms with Gasteiger partial charge in [-0.15, -0.1) is 0 Å². The summed E-state index contributed by atoms with van der Waals surface area (Å²) >= 11 is 0. The van der Waals surface area contributed by atoms with Gasteiger partial charge in [0, 0.05) is 13.1 Å². The van der Waals surface area contributed by atoms with Crippen LogP contribution in [0.15, 0.2) is 12.3 Å². The highest BCUT2D eigenvalue weighted by atomic mass is 16.5. The van der Waals surface area contributed by atoms with Gasteiger partial charge in [-0.05, 0) is 30.8 Å². The zero-order valence-electron chi connectivity index (χ0n) is 9.68. The minimum absolute atomic E-state index is 0.382. The van der Waals surface area contributed by atoms with E-state index in [2.05, 4.69) is 32.2 Å². The summed E-state index contributed by atoms with van der Waals surface area (Å²) in [5.74, 6) is 0. The standard InChI is InChI=1S/C12H23NO/c1-4-12(2,3)10-13-9-11-7-5-6-8-14-11/h6,8,11,13H,4-5,7,9-10H2,1-3H3. The van der Waals surface area contributed by atoms with Crippen molar-refractivity contribution in [3.05, 3.63) is 12.3 Å². The normalized spacial score (nSPS) is 22.1. The first-order chi connectivity index (χ1) is 6.64. The first kappa shape index (κ1) is 11.6. The molecule has 0 spiro atoms. The molecule has 1 heterocycles. The lowest BCUT2D eigenvalue weighted by molar-refractivity contribution is 0.119. The van der Waals surface area contributed by atoms with Gasteiger partial charge in [0.2, 0.25) is 0 Å². The number of hydrogen-bond donors (Lipinski definition) is 1. The van der Waals surface area contributed by atoms with Gasteiger partial charge >= 0.3 is 0 Å². The molecule has 1 unspecified atom stereocenters. The van der Waals surface area contributed by atoms with Crippen molar-refractivity contribution >= 4 is 0 Å². The zero-order valence-corrected chi connectivity index (χ0v) is 9.68. The molecule has 82 valence electrons. The Morgan fingerprint density at radius 3 is 2.86 bits per heavy atom. The Hall–Kier alpha value is -0.500. The van der Waals surface area contributed by atoms with Gasteiger partial charge in [-0.1, -0.05) is 20.8 Å². The predicted molar refractivity (Wildman–Crippen MR) is 60.2 cm³/mol. The van der Waals surface area contributed by atoms with Gasteiger partial charge in [-0.25, -0.2) is 0 Å². The average Bonchev–Trinajstić information content (AvgIpc) is 2.19. The lowest BCUT2D eigenvalue weighted by Crippen LogP contribution is -2.35. The summed E-state index contributed by atoms with van der Waals surface area (Å²) in [6.45, 7) is 8.88. The molecule has 2 heteroatoms. The number of ether oxygens (including phenoxy) is 1. The summed E-state index contributed by atoms with van der Waals surface area (Å²) in [4.78, 5) is 0. The van der Waals surface area contributed by atoms with Crippen molar-refractivity contribution in [1.29, 1.82) is 0 Å². The summed E-state index contributed by atoms with van der Waals surface area (Å²) in [6.07, 6.45) is 7.82. The highest BCUT2D eigenvalue weighted by molar-refractivity contribution is 4.83. The molecule has 0 bridgehead atoms. The van der Waals surface area contributed by atoms with E-state index in [1.807, 2.05) is 6.26 Å². The first-order valence-electron chi connectivity index (χ1n) is 5.65. The van der Waals surface area contributed by atoms with Crippen LogP contribution in [0.1, 0.15) is 40.0 Å². The molecule has 0 saturated heterocycles. The Balaban J connectivity index is 2.11. The molecule has 0 aromatic carbocycles. The highest BCUT2D eigenvalue weighted by Crippen LogP contribution is 2.18. The van der Waals surface area contributed by atoms with E-state index in [-0.39, 0.29) is 0 Å². The van der Waals surface area contributed by atoms with Crippen LogP contribution in [-0.2, 0) is 4.74 Å². The van der Waals surface area contributed by atoms with Crippen LogP contribution in [0.2, 0.25) is 0 Å². The summed E-state index contributed by atoms with van der Waals surface area (Å²) in [5, 5.41) is 3.49. The molecular formula is C12H23NO. The third kappa shape index (κ3) is 4.14. The molecule has 0 radical (unpaired) electrons. The van der Waals surface area contributed by atoms with Crippen molar-refractivity contribution < 1.29 is 4.74 Å². The first-order valence-corrected chi connectivity index (χ1v) is 5.65. The van der Waals surface area contributed by atoms with Gasteiger partial charge in [0.25, 0.3) is 0 Å². The van der Waals surface area contributed by atoms with Crippen LogP contribution in [0.3, 0.4) is 0 Å². The fraction of sp³-hybridized carbons (Fsp3) is 0.833. The van der Waals surface area contributed by atoms with Crippen LogP contribution < -0.4 is 5.32 Å². The average molecular weight is 197 g/mol. The number of allylic oxidation sites excluding steroid dienone is 1. The summed E-state index contributed by atoms with van der Waals surface area (Å²) in [5.41, 5.74) is 0.407. The summed E-state index contributed by atoms with van der Waals surface area (Å²) in [6, 6.07) is 0. The number of rotatable bonds is 5. The Morgan fingerprint density at radius 2 is 2.29 bits per heavy atom. The number of hydrogen-bond acceptors (Lipinski definition) is 2. The molecule has 0 aromatic rings. The third-order valence-corrected chi connectivity index (χ3v) is 2.96. The molecule has 0 amide bonds. The Kier molecular flexibility index (Phi) is 4.46. The zero-order chi connectivity index (χ0) is 10.4. The van der Waals surface area contributed by atoms with Crippen LogP contribution >= 0.6 is 0 Å². The molecule has 1 aliphatic heterocycles. The topological polar surface area (TPSA) is 21.3 Å². The second-order valence-electron chi connectivity index (χ2n) is 4.86. The van der Waals surface area contributed by atoms with E-state index in [1.165, 1.54) is 6.42 Å². The highest BCUT2D eigenvalue weighted by Gasteiger charge is 2.16. The van der Waals surface area contributed by atoms with E-state index >= 15 is 0 Å². The van der Waals surface area contributed by atoms with Gasteiger partial charge in [0.15, 0.2) is 0 Å². The molecule has 0 fully saturated rings. The molecular weight excluding hydrogens is 174 g/mol. The van der Waals surface area contributed by atoms with Crippen molar-refractivity contribution in [1.82, 2.24) is 5.32 Å². The summed E-state index contributed by atoms with van der Waals surface area (Å²) in [7, 11) is 0. The lowest BCUT2D eigenvalue weighted by atomic mass is 9.90. The molecule has 1 rings (SSSR count). The third-order valence-electron chi connectivity index (χ3n) is 2.96. The molecule has 1 N–H and O–H groups in total. The van der Waals surface area contributed by atoms with E-state index in [9.17, 15) is 0 Å². The maximum absolute atomic E-state index is 5.48. The van der Waals surface area contributed by atoms with Gasteiger partial charge < -0.3 is 10.1 Å². The molecule has 0 aliphatic carbocycles. The molecule has 1 aliphatic rings. The summed E-state index contributed by atoms with van der Waals surface area (Å²) < 4.78 is 5.48. The van der Waals surface area contributed by atoms with Crippen LogP contribution in [-0.4, -0.2) is 19.2 Å². The van der Waals surface area contributed by atoms with Crippen LogP contribution in [0.25, 0.3) is 0 Å². The largest absolute Gasteiger partial charge is 0.497 e. The maximum Gasteiger partial charge on any atom is 0.110 e. The molecule has 0 aromatic heterocycles. The van der Waals surface area contributed by atoms with Crippen molar-refractivity contribution in [3.8, 4) is 0 Å². The van der Waals surface area contributed by atoms with E-state index < -0.39 is 0 Å². The Bertz CT molecular complexity index is 187. The van der Waals surface area contributed by atoms with Crippen molar-refractivity contribution in [2.24, 2.45) is 5.41 Å². The van der Waals surface area contributed by atoms with Crippen LogP contribution in [0, 0.1) is 5.41 Å². The smallest absolute Gasteiger partial charge is 0.110 e. The van der Waals surface area contributed by atoms with Gasteiger partial charge in [0.05, 0.1) is 6.26 Å². The fourth-order valence-corrected chi connectivity index (χ4v) is 1.43. The molecule has 1 atom stereocenters. The van der Waals surface area contributed by atoms with Gasteiger partial charge in [0.1, 0.15) is 6.10 Å². The second-order valence-corrected chi connectivity index (χ2v) is 4.86. The minimum Gasteiger partial charge on any atom is -0.497 e. The van der Waals surface area contributed by atoms with Gasteiger partial charge in [-0.3, -0.25) is 0 Å². The minimum atomic E-state index is 0.382. The quantitative estimate of drug-likeness (QED) is 0.731. The molecule has 14 heavy (non-hydrogen) atoms. The van der Waals surface area contributed by atoms with Crippen LogP contribution in [0.5, 0.6) is 0 Å². The van der Waals surface area contributed by atoms with E-state index in [4.69, 9.17) is 4.74 Å². The van der Waals surface area contributed by atoms with Crippen LogP contribution in [0.4, 0.5) is 0 Å². The SMILES string of the molecule is CCC(C)(C)CNCC1CCC=CO1. The van der Waals surface area contributed by atoms with Crippen molar-refractivity contribution in [2.75, 3.05) is 13.1 Å². The predicted octanol–water partition coefficient (Wildman–Crippen LogP) is 2.70. The number of nitrogens with one attached hydrogen (secondary N) is 1. The van der Waals surface area contributed by atoms with Crippen molar-refractivity contribution in [3.63, 3.8) is 0 Å². The monoisotopic (exact) mass is 197 g/mol. The van der Waals surface area contributed by atoms with E-state index in [0.717, 1.165) is 25.9 Å². The Labute approximate surface area is 87.7 Å². The lowest BCUT2D eigenvalue weighted by Gasteiger charge is -2.25. The Morgan fingerprint density at radius 1 is 1.50 bits per heavy atom. The second kappa shape index (κ2) is 5.40. The molecule has 2 nitrogen and oxygen atoms in total. The van der Waals surface area contributed by atoms with Gasteiger partial charge in [-0.2, -0.15) is 0 Å². The molecule has 0 saturated carbocycles. The maximum atomic E-state index is 5.48. The van der Waals surface area contributed by atoms with Crippen molar-refractivity contribution in [2.45, 2.75) is 46.1 Å².